The van der Waals surface area contributed by atoms with Gasteiger partial charge in [-0.25, -0.2) is 0 Å². The van der Waals surface area contributed by atoms with Crippen molar-refractivity contribution in [2.24, 2.45) is 5.73 Å². The Hall–Kier alpha value is -2.13. The number of hydrogen-bond donors (Lipinski definition) is 2. The predicted molar refractivity (Wildman–Crippen MR) is 82.5 cm³/mol. The quantitative estimate of drug-likeness (QED) is 0.850. The molecular formula is C18H19NO2. The van der Waals surface area contributed by atoms with Crippen LogP contribution in [0.4, 0.5) is 0 Å². The summed E-state index contributed by atoms with van der Waals surface area (Å²) in [6.07, 6.45) is 3.99. The van der Waals surface area contributed by atoms with Crippen molar-refractivity contribution in [1.82, 2.24) is 0 Å². The molecule has 0 bridgehead atoms. The van der Waals surface area contributed by atoms with Crippen molar-refractivity contribution in [3.05, 3.63) is 64.2 Å². The van der Waals surface area contributed by atoms with Gasteiger partial charge in [-0.15, -0.1) is 0 Å². The normalized spacial score (nSPS) is 13.8. The van der Waals surface area contributed by atoms with Crippen LogP contribution in [0.25, 0.3) is 0 Å². The molecule has 1 aliphatic rings. The van der Waals surface area contributed by atoms with Crippen molar-refractivity contribution in [1.29, 1.82) is 0 Å². The Morgan fingerprint density at radius 1 is 1.14 bits per heavy atom. The zero-order valence-corrected chi connectivity index (χ0v) is 11.9. The number of nitrogens with two attached hydrogens (primary N) is 1. The molecule has 0 atom stereocenters. The Labute approximate surface area is 124 Å². The average Bonchev–Trinajstić information content (AvgIpc) is 2.54. The Bertz CT molecular complexity index is 677. The number of aryl methyl sites for hydroxylation is 1. The molecule has 2 aromatic carbocycles. The molecular weight excluding hydrogens is 262 g/mol. The van der Waals surface area contributed by atoms with Gasteiger partial charge in [0.1, 0.15) is 5.75 Å². The molecule has 3 nitrogen and oxygen atoms in total. The summed E-state index contributed by atoms with van der Waals surface area (Å²) in [4.78, 5) is 12.8. The van der Waals surface area contributed by atoms with Crippen LogP contribution in [0.15, 0.2) is 36.4 Å². The highest BCUT2D eigenvalue weighted by Crippen LogP contribution is 2.35. The summed E-state index contributed by atoms with van der Waals surface area (Å²) in [5.41, 5.74) is 9.62. The largest absolute Gasteiger partial charge is 0.507 e. The second-order valence-electron chi connectivity index (χ2n) is 5.50. The lowest BCUT2D eigenvalue weighted by molar-refractivity contribution is 0.103. The fraction of sp³-hybridized carbons (Fsp3) is 0.278. The zero-order chi connectivity index (χ0) is 14.8. The smallest absolute Gasteiger partial charge is 0.197 e. The SMILES string of the molecule is NCc1cc2c(c(C(=O)c3ccccc3)c1O)CCCC2. The van der Waals surface area contributed by atoms with E-state index in [1.54, 1.807) is 12.1 Å². The minimum atomic E-state index is -0.110. The van der Waals surface area contributed by atoms with Gasteiger partial charge < -0.3 is 10.8 Å². The molecule has 0 fully saturated rings. The average molecular weight is 281 g/mol. The molecule has 0 aliphatic heterocycles. The fourth-order valence-electron chi connectivity index (χ4n) is 3.09. The maximum absolute atomic E-state index is 12.8. The third kappa shape index (κ3) is 2.45. The number of carbonyl (C=O) groups is 1. The number of aromatic hydroxyl groups is 1. The summed E-state index contributed by atoms with van der Waals surface area (Å²) in [6.45, 7) is 0.244. The van der Waals surface area contributed by atoms with E-state index in [9.17, 15) is 9.90 Å². The van der Waals surface area contributed by atoms with Crippen LogP contribution in [-0.4, -0.2) is 10.9 Å². The van der Waals surface area contributed by atoms with E-state index < -0.39 is 0 Å². The molecule has 108 valence electrons. The maximum atomic E-state index is 12.8. The van der Waals surface area contributed by atoms with Gasteiger partial charge in [0.05, 0.1) is 5.56 Å². The second-order valence-corrected chi connectivity index (χ2v) is 5.50. The van der Waals surface area contributed by atoms with Gasteiger partial charge in [-0.05, 0) is 36.8 Å². The number of phenolic OH excluding ortho intramolecular Hbond substituents is 1. The van der Waals surface area contributed by atoms with Crippen LogP contribution in [0.1, 0.15) is 45.5 Å². The number of ketones is 1. The first-order valence-corrected chi connectivity index (χ1v) is 7.38. The first-order valence-electron chi connectivity index (χ1n) is 7.38. The summed E-state index contributed by atoms with van der Waals surface area (Å²) in [6, 6.07) is 11.1. The van der Waals surface area contributed by atoms with Gasteiger partial charge in [0.25, 0.3) is 0 Å². The van der Waals surface area contributed by atoms with Gasteiger partial charge in [0.2, 0.25) is 0 Å². The molecule has 3 rings (SSSR count). The molecule has 1 aliphatic carbocycles. The third-order valence-corrected chi connectivity index (χ3v) is 4.18. The minimum Gasteiger partial charge on any atom is -0.507 e. The van der Waals surface area contributed by atoms with Crippen molar-refractivity contribution >= 4 is 5.78 Å². The summed E-state index contributed by atoms with van der Waals surface area (Å²) < 4.78 is 0. The lowest BCUT2D eigenvalue weighted by Gasteiger charge is -2.22. The lowest BCUT2D eigenvalue weighted by Crippen LogP contribution is -2.14. The molecule has 0 saturated heterocycles. The topological polar surface area (TPSA) is 63.3 Å². The van der Waals surface area contributed by atoms with Crippen molar-refractivity contribution in [2.75, 3.05) is 0 Å². The first kappa shape index (κ1) is 13.8. The van der Waals surface area contributed by atoms with Crippen LogP contribution in [0.2, 0.25) is 0 Å². The Kier molecular flexibility index (Phi) is 3.76. The molecule has 3 N–H and O–H groups in total. The van der Waals surface area contributed by atoms with Gasteiger partial charge in [-0.2, -0.15) is 0 Å². The number of fused-ring (bicyclic) bond motifs is 1. The summed E-state index contributed by atoms with van der Waals surface area (Å²) in [5.74, 6) is -0.0476. The maximum Gasteiger partial charge on any atom is 0.197 e. The molecule has 0 aromatic heterocycles. The van der Waals surface area contributed by atoms with Crippen LogP contribution >= 0.6 is 0 Å². The first-order chi connectivity index (χ1) is 10.2. The van der Waals surface area contributed by atoms with Crippen LogP contribution < -0.4 is 5.73 Å². The van der Waals surface area contributed by atoms with Crippen LogP contribution in [-0.2, 0) is 19.4 Å². The standard InChI is InChI=1S/C18H19NO2/c19-11-14-10-13-8-4-5-9-15(13)16(18(14)21)17(20)12-6-2-1-3-7-12/h1-3,6-7,10,21H,4-5,8-9,11,19H2. The summed E-state index contributed by atoms with van der Waals surface area (Å²) >= 11 is 0. The van der Waals surface area contributed by atoms with E-state index in [1.165, 1.54) is 5.56 Å². The second kappa shape index (κ2) is 5.70. The molecule has 0 spiro atoms. The third-order valence-electron chi connectivity index (χ3n) is 4.18. The fourth-order valence-corrected chi connectivity index (χ4v) is 3.09. The van der Waals surface area contributed by atoms with Gasteiger partial charge >= 0.3 is 0 Å². The van der Waals surface area contributed by atoms with E-state index in [0.717, 1.165) is 31.2 Å². The van der Waals surface area contributed by atoms with Gasteiger partial charge in [0, 0.05) is 17.7 Å². The van der Waals surface area contributed by atoms with Gasteiger partial charge in [0.15, 0.2) is 5.78 Å². The van der Waals surface area contributed by atoms with E-state index in [2.05, 4.69) is 0 Å². The van der Waals surface area contributed by atoms with Gasteiger partial charge in [-0.1, -0.05) is 36.4 Å². The number of benzene rings is 2. The molecule has 0 unspecified atom stereocenters. The molecule has 2 aromatic rings. The highest BCUT2D eigenvalue weighted by molar-refractivity contribution is 6.12. The van der Waals surface area contributed by atoms with Crippen LogP contribution in [0.5, 0.6) is 5.75 Å². The monoisotopic (exact) mass is 281 g/mol. The Balaban J connectivity index is 2.18. The van der Waals surface area contributed by atoms with Crippen LogP contribution in [0.3, 0.4) is 0 Å². The minimum absolute atomic E-state index is 0.0620. The summed E-state index contributed by atoms with van der Waals surface area (Å²) in [7, 11) is 0. The van der Waals surface area contributed by atoms with Crippen molar-refractivity contribution in [3.8, 4) is 5.75 Å². The Morgan fingerprint density at radius 3 is 2.57 bits per heavy atom. The molecule has 0 radical (unpaired) electrons. The van der Waals surface area contributed by atoms with E-state index in [-0.39, 0.29) is 18.1 Å². The number of phenols is 1. The van der Waals surface area contributed by atoms with Crippen molar-refractivity contribution in [2.45, 2.75) is 32.2 Å². The number of rotatable bonds is 3. The van der Waals surface area contributed by atoms with E-state index in [4.69, 9.17) is 5.73 Å². The molecule has 0 heterocycles. The number of carbonyl (C=O) groups excluding carboxylic acids is 1. The van der Waals surface area contributed by atoms with E-state index >= 15 is 0 Å². The van der Waals surface area contributed by atoms with Crippen LogP contribution in [0, 0.1) is 0 Å². The molecule has 0 saturated carbocycles. The molecule has 0 amide bonds. The lowest BCUT2D eigenvalue weighted by atomic mass is 9.83. The highest BCUT2D eigenvalue weighted by atomic mass is 16.3. The Morgan fingerprint density at radius 2 is 1.86 bits per heavy atom. The molecule has 3 heteroatoms. The zero-order valence-electron chi connectivity index (χ0n) is 11.9. The number of hydrogen-bond acceptors (Lipinski definition) is 3. The predicted octanol–water partition coefficient (Wildman–Crippen LogP) is 2.96. The summed E-state index contributed by atoms with van der Waals surface area (Å²) in [5, 5.41) is 10.5. The molecule has 21 heavy (non-hydrogen) atoms. The van der Waals surface area contributed by atoms with Crippen molar-refractivity contribution in [3.63, 3.8) is 0 Å². The van der Waals surface area contributed by atoms with E-state index in [0.29, 0.717) is 16.7 Å². The van der Waals surface area contributed by atoms with Gasteiger partial charge in [-0.3, -0.25) is 4.79 Å². The van der Waals surface area contributed by atoms with E-state index in [1.807, 2.05) is 24.3 Å². The van der Waals surface area contributed by atoms with Crippen molar-refractivity contribution < 1.29 is 9.90 Å². The highest BCUT2D eigenvalue weighted by Gasteiger charge is 2.24.